The Morgan fingerprint density at radius 2 is 2.22 bits per heavy atom. The molecular formula is C15H18N2O. The predicted molar refractivity (Wildman–Crippen MR) is 72.5 cm³/mol. The van der Waals surface area contributed by atoms with Crippen LogP contribution in [0.3, 0.4) is 0 Å². The lowest BCUT2D eigenvalue weighted by molar-refractivity contribution is 0.0811. The highest BCUT2D eigenvalue weighted by atomic mass is 16.5. The lowest BCUT2D eigenvalue weighted by atomic mass is 9.97. The Hall–Kier alpha value is -1.45. The van der Waals surface area contributed by atoms with Gasteiger partial charge >= 0.3 is 0 Å². The summed E-state index contributed by atoms with van der Waals surface area (Å²) in [5, 5.41) is 4.58. The quantitative estimate of drug-likeness (QED) is 0.898. The molecule has 2 heterocycles. The first-order valence-corrected chi connectivity index (χ1v) is 6.52. The van der Waals surface area contributed by atoms with Crippen molar-refractivity contribution in [1.82, 2.24) is 10.3 Å². The summed E-state index contributed by atoms with van der Waals surface area (Å²) in [4.78, 5) is 4.53. The zero-order chi connectivity index (χ0) is 12.4. The average Bonchev–Trinajstić information content (AvgIpc) is 2.94. The van der Waals surface area contributed by atoms with E-state index in [1.165, 1.54) is 10.9 Å². The molecule has 1 aliphatic rings. The predicted octanol–water partition coefficient (Wildman–Crippen LogP) is 2.67. The molecular weight excluding hydrogens is 224 g/mol. The molecule has 1 aromatic heterocycles. The summed E-state index contributed by atoms with van der Waals surface area (Å²) in [6, 6.07) is 10.7. The number of para-hydroxylation sites is 1. The molecule has 0 amide bonds. The summed E-state index contributed by atoms with van der Waals surface area (Å²) in [6.07, 6.45) is 4.40. The Morgan fingerprint density at radius 3 is 3.00 bits per heavy atom. The van der Waals surface area contributed by atoms with Crippen molar-refractivity contribution >= 4 is 10.9 Å². The number of hydrogen-bond donors (Lipinski definition) is 1. The van der Waals surface area contributed by atoms with Gasteiger partial charge in [-0.15, -0.1) is 0 Å². The number of benzene rings is 1. The molecule has 18 heavy (non-hydrogen) atoms. The summed E-state index contributed by atoms with van der Waals surface area (Å²) < 4.78 is 5.82. The van der Waals surface area contributed by atoms with Crippen molar-refractivity contribution in [2.75, 3.05) is 13.7 Å². The van der Waals surface area contributed by atoms with E-state index in [2.05, 4.69) is 34.6 Å². The Kier molecular flexibility index (Phi) is 3.26. The van der Waals surface area contributed by atoms with E-state index < -0.39 is 0 Å². The summed E-state index contributed by atoms with van der Waals surface area (Å²) in [5.74, 6) is 0. The Balaban J connectivity index is 2.06. The topological polar surface area (TPSA) is 34.2 Å². The standard InChI is InChI=1S/C15H18N2O/c1-16-15(13-8-4-10-18-13)12-7-2-5-11-6-3-9-17-14(11)12/h2-3,5-7,9,13,15-16H,4,8,10H2,1H3. The Labute approximate surface area is 107 Å². The monoisotopic (exact) mass is 242 g/mol. The van der Waals surface area contributed by atoms with Gasteiger partial charge < -0.3 is 10.1 Å². The lowest BCUT2D eigenvalue weighted by Gasteiger charge is -2.23. The zero-order valence-corrected chi connectivity index (χ0v) is 10.6. The van der Waals surface area contributed by atoms with Gasteiger partial charge in [0.15, 0.2) is 0 Å². The highest BCUT2D eigenvalue weighted by molar-refractivity contribution is 5.82. The van der Waals surface area contributed by atoms with E-state index >= 15 is 0 Å². The van der Waals surface area contributed by atoms with Crippen LogP contribution in [0.5, 0.6) is 0 Å². The molecule has 2 unspecified atom stereocenters. The Morgan fingerprint density at radius 1 is 1.33 bits per heavy atom. The van der Waals surface area contributed by atoms with Crippen LogP contribution in [0.1, 0.15) is 24.4 Å². The molecule has 0 spiro atoms. The van der Waals surface area contributed by atoms with Crippen molar-refractivity contribution in [1.29, 1.82) is 0 Å². The van der Waals surface area contributed by atoms with Gasteiger partial charge in [-0.1, -0.05) is 24.3 Å². The van der Waals surface area contributed by atoms with Gasteiger partial charge in [-0.3, -0.25) is 4.98 Å². The molecule has 3 nitrogen and oxygen atoms in total. The molecule has 94 valence electrons. The normalized spacial score (nSPS) is 21.3. The minimum Gasteiger partial charge on any atom is -0.376 e. The van der Waals surface area contributed by atoms with E-state index in [0.717, 1.165) is 25.0 Å². The molecule has 3 rings (SSSR count). The molecule has 1 saturated heterocycles. The van der Waals surface area contributed by atoms with Crippen LogP contribution in [0.4, 0.5) is 0 Å². The molecule has 3 heteroatoms. The highest BCUT2D eigenvalue weighted by Crippen LogP contribution is 2.30. The SMILES string of the molecule is CNC(c1cccc2cccnc12)C1CCCO1. The van der Waals surface area contributed by atoms with Crippen LogP contribution < -0.4 is 5.32 Å². The van der Waals surface area contributed by atoms with E-state index in [9.17, 15) is 0 Å². The molecule has 0 bridgehead atoms. The van der Waals surface area contributed by atoms with Gasteiger partial charge in [-0.25, -0.2) is 0 Å². The van der Waals surface area contributed by atoms with E-state index in [1.807, 2.05) is 19.3 Å². The second-order valence-corrected chi connectivity index (χ2v) is 4.74. The van der Waals surface area contributed by atoms with Gasteiger partial charge in [0.05, 0.1) is 17.7 Å². The second-order valence-electron chi connectivity index (χ2n) is 4.74. The maximum Gasteiger partial charge on any atom is 0.0771 e. The number of ether oxygens (including phenoxy) is 1. The first-order chi connectivity index (χ1) is 8.90. The number of nitrogens with zero attached hydrogens (tertiary/aromatic N) is 1. The summed E-state index contributed by atoms with van der Waals surface area (Å²) in [6.45, 7) is 0.876. The van der Waals surface area contributed by atoms with Crippen LogP contribution in [0, 0.1) is 0 Å². The molecule has 1 N–H and O–H groups in total. The minimum atomic E-state index is 0.228. The minimum absolute atomic E-state index is 0.228. The molecule has 1 aliphatic heterocycles. The van der Waals surface area contributed by atoms with Gasteiger partial charge in [0, 0.05) is 18.2 Å². The van der Waals surface area contributed by atoms with Gasteiger partial charge in [-0.05, 0) is 31.5 Å². The first kappa shape index (κ1) is 11.6. The van der Waals surface area contributed by atoms with Crippen molar-refractivity contribution in [2.24, 2.45) is 0 Å². The fourth-order valence-corrected chi connectivity index (χ4v) is 2.79. The van der Waals surface area contributed by atoms with Crippen LogP contribution in [0.15, 0.2) is 36.5 Å². The molecule has 2 aromatic rings. The summed E-state index contributed by atoms with van der Waals surface area (Å²) >= 11 is 0. The molecule has 1 aromatic carbocycles. The lowest BCUT2D eigenvalue weighted by Crippen LogP contribution is -2.29. The Bertz CT molecular complexity index is 530. The third-order valence-electron chi connectivity index (χ3n) is 3.65. The number of rotatable bonds is 3. The molecule has 0 saturated carbocycles. The highest BCUT2D eigenvalue weighted by Gasteiger charge is 2.27. The number of fused-ring (bicyclic) bond motifs is 1. The van der Waals surface area contributed by atoms with Gasteiger partial charge in [0.25, 0.3) is 0 Å². The maximum atomic E-state index is 5.82. The molecule has 2 atom stereocenters. The number of nitrogens with one attached hydrogen (secondary N) is 1. The smallest absolute Gasteiger partial charge is 0.0771 e. The summed E-state index contributed by atoms with van der Waals surface area (Å²) in [5.41, 5.74) is 2.32. The fourth-order valence-electron chi connectivity index (χ4n) is 2.79. The van der Waals surface area contributed by atoms with Crippen LogP contribution >= 0.6 is 0 Å². The molecule has 1 fully saturated rings. The van der Waals surface area contributed by atoms with Crippen LogP contribution in [0.2, 0.25) is 0 Å². The molecule has 0 aliphatic carbocycles. The van der Waals surface area contributed by atoms with Crippen molar-refractivity contribution < 1.29 is 4.74 Å². The van der Waals surface area contributed by atoms with Crippen LogP contribution in [0.25, 0.3) is 10.9 Å². The average molecular weight is 242 g/mol. The number of aromatic nitrogens is 1. The third-order valence-corrected chi connectivity index (χ3v) is 3.65. The number of pyridine rings is 1. The maximum absolute atomic E-state index is 5.82. The van der Waals surface area contributed by atoms with Crippen molar-refractivity contribution in [3.8, 4) is 0 Å². The number of hydrogen-bond acceptors (Lipinski definition) is 3. The van der Waals surface area contributed by atoms with Gasteiger partial charge in [0.2, 0.25) is 0 Å². The largest absolute Gasteiger partial charge is 0.376 e. The van der Waals surface area contributed by atoms with Gasteiger partial charge in [-0.2, -0.15) is 0 Å². The van der Waals surface area contributed by atoms with Crippen LogP contribution in [-0.4, -0.2) is 24.7 Å². The van der Waals surface area contributed by atoms with E-state index in [1.54, 1.807) is 0 Å². The molecule has 0 radical (unpaired) electrons. The second kappa shape index (κ2) is 5.04. The van der Waals surface area contributed by atoms with E-state index in [-0.39, 0.29) is 12.1 Å². The number of likely N-dealkylation sites (N-methyl/N-ethyl adjacent to an activating group) is 1. The zero-order valence-electron chi connectivity index (χ0n) is 10.6. The van der Waals surface area contributed by atoms with Gasteiger partial charge in [0.1, 0.15) is 0 Å². The fraction of sp³-hybridized carbons (Fsp3) is 0.400. The third kappa shape index (κ3) is 2.00. The summed E-state index contributed by atoms with van der Waals surface area (Å²) in [7, 11) is 1.99. The van der Waals surface area contributed by atoms with Crippen molar-refractivity contribution in [2.45, 2.75) is 25.0 Å². The van der Waals surface area contributed by atoms with E-state index in [4.69, 9.17) is 4.74 Å². The van der Waals surface area contributed by atoms with Crippen molar-refractivity contribution in [3.63, 3.8) is 0 Å². The first-order valence-electron chi connectivity index (χ1n) is 6.52. The van der Waals surface area contributed by atoms with Crippen molar-refractivity contribution in [3.05, 3.63) is 42.1 Å². The van der Waals surface area contributed by atoms with E-state index in [0.29, 0.717) is 0 Å². The van der Waals surface area contributed by atoms with Crippen LogP contribution in [-0.2, 0) is 4.74 Å².